The number of halogens is 1. The molecule has 1 aliphatic heterocycles. The van der Waals surface area contributed by atoms with Gasteiger partial charge in [-0.05, 0) is 50.9 Å². The third-order valence-electron chi connectivity index (χ3n) is 3.87. The molecule has 1 N–H and O–H groups in total. The lowest BCUT2D eigenvalue weighted by molar-refractivity contribution is -0.154. The van der Waals surface area contributed by atoms with E-state index in [4.69, 9.17) is 9.47 Å². The molecule has 0 bridgehead atoms. The Morgan fingerprint density at radius 3 is 1.88 bits per heavy atom. The summed E-state index contributed by atoms with van der Waals surface area (Å²) in [5.41, 5.74) is -1.19. The first-order valence-electron chi connectivity index (χ1n) is 11.6. The second-order valence-electron chi connectivity index (χ2n) is 9.09. The zero-order chi connectivity index (χ0) is 26.1. The van der Waals surface area contributed by atoms with E-state index in [1.807, 2.05) is 39.5 Å². The Kier molecular flexibility index (Phi) is 20.4. The summed E-state index contributed by atoms with van der Waals surface area (Å²) in [6.45, 7) is 21.6. The largest absolute Gasteiger partial charge is 0.464 e. The first-order chi connectivity index (χ1) is 14.8. The summed E-state index contributed by atoms with van der Waals surface area (Å²) in [6.07, 6.45) is 1.92. The number of esters is 1. The van der Waals surface area contributed by atoms with E-state index in [1.165, 1.54) is 11.3 Å². The van der Waals surface area contributed by atoms with Crippen molar-refractivity contribution in [3.63, 3.8) is 0 Å². The number of nitrogens with one attached hydrogen (secondary N) is 1. The Morgan fingerprint density at radius 1 is 1.03 bits per heavy atom. The van der Waals surface area contributed by atoms with E-state index in [0.29, 0.717) is 13.0 Å². The van der Waals surface area contributed by atoms with Gasteiger partial charge in [0.1, 0.15) is 17.7 Å². The van der Waals surface area contributed by atoms with Crippen molar-refractivity contribution in [2.75, 3.05) is 18.1 Å². The molecule has 1 saturated heterocycles. The van der Waals surface area contributed by atoms with Gasteiger partial charge in [0.2, 0.25) is 5.91 Å². The minimum absolute atomic E-state index is 0.274. The molecular weight excluding hydrogens is 523 g/mol. The fraction of sp³-hybridized carbons (Fsp3) is 0.875. The zero-order valence-electron chi connectivity index (χ0n) is 22.6. The smallest absolute Gasteiger partial charge is 0.408 e. The molecule has 32 heavy (non-hydrogen) atoms. The van der Waals surface area contributed by atoms with E-state index in [9.17, 15) is 14.4 Å². The maximum absolute atomic E-state index is 13.1. The van der Waals surface area contributed by atoms with Crippen LogP contribution in [0.1, 0.15) is 95.4 Å². The average Bonchev–Trinajstić information content (AvgIpc) is 3.17. The molecule has 0 aromatic rings. The van der Waals surface area contributed by atoms with Crippen molar-refractivity contribution < 1.29 is 23.9 Å². The molecule has 0 spiro atoms. The molecule has 7 nitrogen and oxygen atoms in total. The third kappa shape index (κ3) is 14.9. The number of hydrogen-bond acceptors (Lipinski definition) is 5. The number of amides is 2. The number of alkyl halides is 1. The van der Waals surface area contributed by atoms with Crippen LogP contribution in [-0.4, -0.2) is 58.6 Å². The number of carbonyl (C=O) groups is 3. The fourth-order valence-electron chi connectivity index (χ4n) is 2.75. The molecule has 2 atom stereocenters. The van der Waals surface area contributed by atoms with E-state index in [0.717, 1.165) is 6.42 Å². The van der Waals surface area contributed by atoms with Crippen molar-refractivity contribution in [2.24, 2.45) is 5.41 Å². The lowest BCUT2D eigenvalue weighted by Crippen LogP contribution is -2.57. The van der Waals surface area contributed by atoms with Gasteiger partial charge in [-0.1, -0.05) is 77.5 Å². The summed E-state index contributed by atoms with van der Waals surface area (Å²) in [6, 6.07) is -1.38. The molecular formula is C24H49IN2O5. The van der Waals surface area contributed by atoms with E-state index in [2.05, 4.69) is 41.8 Å². The van der Waals surface area contributed by atoms with Crippen LogP contribution in [0.15, 0.2) is 0 Å². The van der Waals surface area contributed by atoms with Crippen LogP contribution in [0.5, 0.6) is 0 Å². The first-order valence-corrected chi connectivity index (χ1v) is 13.8. The summed E-state index contributed by atoms with van der Waals surface area (Å²) in [5, 5.41) is 2.68. The summed E-state index contributed by atoms with van der Waals surface area (Å²) >= 11 is 2.15. The lowest BCUT2D eigenvalue weighted by Gasteiger charge is -2.35. The van der Waals surface area contributed by atoms with Crippen molar-refractivity contribution in [3.8, 4) is 0 Å². The Balaban J connectivity index is -0.00000108. The van der Waals surface area contributed by atoms with Crippen molar-refractivity contribution in [2.45, 2.75) is 113 Å². The molecule has 1 aliphatic rings. The van der Waals surface area contributed by atoms with Crippen LogP contribution in [0.4, 0.5) is 4.79 Å². The highest BCUT2D eigenvalue weighted by Crippen LogP contribution is 2.26. The van der Waals surface area contributed by atoms with E-state index in [-0.39, 0.29) is 12.5 Å². The van der Waals surface area contributed by atoms with Gasteiger partial charge < -0.3 is 19.7 Å². The molecule has 0 aromatic heterocycles. The molecule has 2 amide bonds. The van der Waals surface area contributed by atoms with Gasteiger partial charge in [0.15, 0.2) is 0 Å². The standard InChI is InChI=1S/C18H32N2O5.C3H8.C2H6.CH3I/c1-8-24-15(22)12-10-9-11-20(12)14(21)13(17(2,3)4)19-16(23)25-18(5,6)7;1-3-2;2*1-2/h12-13H,8-11H2,1-7H3,(H,19,23);3H2,1-2H3;1-2H3;1H3/t12?,13-;;;/m1.../s1. The van der Waals surface area contributed by atoms with Crippen molar-refractivity contribution in [3.05, 3.63) is 0 Å². The Bertz CT molecular complexity index is 527. The molecule has 0 aromatic carbocycles. The number of alkyl carbamates (subject to hydrolysis) is 1. The topological polar surface area (TPSA) is 84.9 Å². The summed E-state index contributed by atoms with van der Waals surface area (Å²) in [7, 11) is 0. The molecule has 1 fully saturated rings. The van der Waals surface area contributed by atoms with Gasteiger partial charge in [-0.2, -0.15) is 0 Å². The summed E-state index contributed by atoms with van der Waals surface area (Å²) in [4.78, 5) is 40.8. The number of carbonyl (C=O) groups excluding carboxylic acids is 3. The Labute approximate surface area is 210 Å². The highest BCUT2D eigenvalue weighted by Gasteiger charge is 2.42. The van der Waals surface area contributed by atoms with Gasteiger partial charge >= 0.3 is 12.1 Å². The molecule has 192 valence electrons. The Morgan fingerprint density at radius 2 is 1.50 bits per heavy atom. The molecule has 0 radical (unpaired) electrons. The molecule has 1 rings (SSSR count). The fourth-order valence-corrected chi connectivity index (χ4v) is 2.75. The van der Waals surface area contributed by atoms with Crippen molar-refractivity contribution in [1.29, 1.82) is 0 Å². The van der Waals surface area contributed by atoms with Crippen LogP contribution < -0.4 is 5.32 Å². The third-order valence-corrected chi connectivity index (χ3v) is 3.87. The van der Waals surface area contributed by atoms with Gasteiger partial charge in [-0.25, -0.2) is 9.59 Å². The quantitative estimate of drug-likeness (QED) is 0.255. The SMILES string of the molecule is CC.CCC.CCOC(=O)C1CCCN1C(=O)[C@@H](NC(=O)OC(C)(C)C)C(C)(C)C.CI. The van der Waals surface area contributed by atoms with Gasteiger partial charge in [0, 0.05) is 6.54 Å². The van der Waals surface area contributed by atoms with E-state index < -0.39 is 35.2 Å². The van der Waals surface area contributed by atoms with Crippen LogP contribution in [0.2, 0.25) is 0 Å². The second-order valence-corrected chi connectivity index (χ2v) is 9.09. The summed E-state index contributed by atoms with van der Waals surface area (Å²) < 4.78 is 10.4. The number of likely N-dealkylation sites (tertiary alicyclic amines) is 1. The predicted octanol–water partition coefficient (Wildman–Crippen LogP) is 5.97. The maximum Gasteiger partial charge on any atom is 0.408 e. The first kappa shape index (κ1) is 35.5. The van der Waals surface area contributed by atoms with E-state index in [1.54, 1.807) is 27.7 Å². The molecule has 1 heterocycles. The lowest BCUT2D eigenvalue weighted by atomic mass is 9.85. The summed E-state index contributed by atoms with van der Waals surface area (Å²) in [5.74, 6) is -0.674. The average molecular weight is 573 g/mol. The highest BCUT2D eigenvalue weighted by molar-refractivity contribution is 14.1. The van der Waals surface area contributed by atoms with Crippen LogP contribution in [-0.2, 0) is 19.1 Å². The van der Waals surface area contributed by atoms with Gasteiger partial charge in [0.25, 0.3) is 0 Å². The highest BCUT2D eigenvalue weighted by atomic mass is 127. The Hall–Kier alpha value is -1.06. The molecule has 1 unspecified atom stereocenters. The van der Waals surface area contributed by atoms with Crippen LogP contribution in [0, 0.1) is 5.41 Å². The van der Waals surface area contributed by atoms with Crippen molar-refractivity contribution >= 4 is 40.6 Å². The minimum Gasteiger partial charge on any atom is -0.464 e. The normalized spacial score (nSPS) is 16.0. The molecule has 0 saturated carbocycles. The predicted molar refractivity (Wildman–Crippen MR) is 141 cm³/mol. The monoisotopic (exact) mass is 572 g/mol. The minimum atomic E-state index is -0.794. The number of ether oxygens (including phenoxy) is 2. The van der Waals surface area contributed by atoms with Crippen LogP contribution >= 0.6 is 22.6 Å². The molecule has 0 aliphatic carbocycles. The van der Waals surface area contributed by atoms with Crippen molar-refractivity contribution in [1.82, 2.24) is 10.2 Å². The number of nitrogens with zero attached hydrogens (tertiary/aromatic N) is 1. The van der Waals surface area contributed by atoms with Gasteiger partial charge in [0.05, 0.1) is 6.61 Å². The second kappa shape index (κ2) is 18.4. The van der Waals surface area contributed by atoms with Crippen LogP contribution in [0.25, 0.3) is 0 Å². The van der Waals surface area contributed by atoms with E-state index >= 15 is 0 Å². The zero-order valence-corrected chi connectivity index (χ0v) is 24.7. The van der Waals surface area contributed by atoms with Crippen LogP contribution in [0.3, 0.4) is 0 Å². The maximum atomic E-state index is 13.1. The number of hydrogen-bond donors (Lipinski definition) is 1. The van der Waals surface area contributed by atoms with Gasteiger partial charge in [-0.15, -0.1) is 0 Å². The number of rotatable bonds is 4. The molecule has 8 heteroatoms. The van der Waals surface area contributed by atoms with Gasteiger partial charge in [-0.3, -0.25) is 4.79 Å².